The van der Waals surface area contributed by atoms with Gasteiger partial charge in [-0.3, -0.25) is 4.79 Å². The predicted octanol–water partition coefficient (Wildman–Crippen LogP) is 3.86. The van der Waals surface area contributed by atoms with Gasteiger partial charge in [-0.05, 0) is 68.4 Å². The van der Waals surface area contributed by atoms with Crippen LogP contribution < -0.4 is 10.2 Å². The quantitative estimate of drug-likeness (QED) is 0.804. The fraction of sp³-hybridized carbons (Fsp3) is 0.381. The third-order valence-corrected chi connectivity index (χ3v) is 5.55. The molecule has 0 radical (unpaired) electrons. The van der Waals surface area contributed by atoms with Gasteiger partial charge in [0, 0.05) is 35.9 Å². The molecule has 0 fully saturated rings. The Morgan fingerprint density at radius 3 is 2.65 bits per heavy atom. The fourth-order valence-electron chi connectivity index (χ4n) is 3.50. The van der Waals surface area contributed by atoms with Gasteiger partial charge in [0.1, 0.15) is 0 Å². The molecule has 0 saturated heterocycles. The van der Waals surface area contributed by atoms with Crippen molar-refractivity contribution in [3.8, 4) is 0 Å². The molecule has 0 aliphatic carbocycles. The van der Waals surface area contributed by atoms with Crippen LogP contribution in [0.1, 0.15) is 33.9 Å². The molecule has 1 heterocycles. The Morgan fingerprint density at radius 1 is 1.23 bits per heavy atom. The van der Waals surface area contributed by atoms with E-state index in [2.05, 4.69) is 70.4 Å². The maximum Gasteiger partial charge on any atom is 0.251 e. The first-order valence-electron chi connectivity index (χ1n) is 9.00. The van der Waals surface area contributed by atoms with Crippen molar-refractivity contribution in [1.82, 2.24) is 10.2 Å². The Balaban J connectivity index is 1.73. The number of carbonyl (C=O) groups excluding carboxylic acids is 1. The molecule has 1 N–H and O–H groups in total. The largest absolute Gasteiger partial charge is 0.374 e. The highest BCUT2D eigenvalue weighted by atomic mass is 79.9. The summed E-state index contributed by atoms with van der Waals surface area (Å²) in [6.07, 6.45) is 2.32. The zero-order chi connectivity index (χ0) is 18.7. The number of aryl methyl sites for hydroxylation is 1. The summed E-state index contributed by atoms with van der Waals surface area (Å²) in [5.41, 5.74) is 4.66. The van der Waals surface area contributed by atoms with Crippen LogP contribution in [0.25, 0.3) is 0 Å². The topological polar surface area (TPSA) is 35.6 Å². The number of carbonyl (C=O) groups is 1. The van der Waals surface area contributed by atoms with Crippen LogP contribution >= 0.6 is 15.9 Å². The monoisotopic (exact) mass is 415 g/mol. The first-order valence-corrected chi connectivity index (χ1v) is 9.79. The summed E-state index contributed by atoms with van der Waals surface area (Å²) in [5, 5.41) is 3.08. The zero-order valence-corrected chi connectivity index (χ0v) is 17.2. The van der Waals surface area contributed by atoms with Crippen molar-refractivity contribution >= 4 is 27.5 Å². The summed E-state index contributed by atoms with van der Waals surface area (Å²) >= 11 is 3.40. The van der Waals surface area contributed by atoms with Crippen molar-refractivity contribution in [2.24, 2.45) is 0 Å². The third-order valence-electron chi connectivity index (χ3n) is 5.02. The molecule has 1 atom stereocenters. The molecule has 0 aromatic heterocycles. The number of fused-ring (bicyclic) bond motifs is 1. The molecule has 1 aliphatic heterocycles. The Bertz CT molecular complexity index is 773. The van der Waals surface area contributed by atoms with Crippen molar-refractivity contribution in [2.45, 2.75) is 18.9 Å². The van der Waals surface area contributed by atoms with Gasteiger partial charge in [-0.2, -0.15) is 0 Å². The van der Waals surface area contributed by atoms with Crippen LogP contribution in [0, 0.1) is 0 Å². The molecule has 2 aromatic carbocycles. The number of likely N-dealkylation sites (N-methyl/N-ethyl adjacent to an activating group) is 1. The number of hydrogen-bond donors (Lipinski definition) is 1. The van der Waals surface area contributed by atoms with Crippen molar-refractivity contribution in [3.05, 3.63) is 63.6 Å². The Kier molecular flexibility index (Phi) is 5.99. The van der Waals surface area contributed by atoms with Gasteiger partial charge in [0.2, 0.25) is 0 Å². The van der Waals surface area contributed by atoms with Crippen LogP contribution in [0.5, 0.6) is 0 Å². The molecule has 138 valence electrons. The molecule has 26 heavy (non-hydrogen) atoms. The summed E-state index contributed by atoms with van der Waals surface area (Å²) in [5.74, 6) is -0.0398. The second-order valence-electron chi connectivity index (χ2n) is 7.11. The lowest BCUT2D eigenvalue weighted by Crippen LogP contribution is -2.34. The summed E-state index contributed by atoms with van der Waals surface area (Å²) in [6.45, 7) is 1.70. The van der Waals surface area contributed by atoms with Crippen molar-refractivity contribution < 1.29 is 4.79 Å². The molecule has 1 amide bonds. The van der Waals surface area contributed by atoms with E-state index in [4.69, 9.17) is 0 Å². The van der Waals surface area contributed by atoms with E-state index in [9.17, 15) is 4.79 Å². The first kappa shape index (κ1) is 18.9. The number of halogens is 1. The highest BCUT2D eigenvalue weighted by Crippen LogP contribution is 2.30. The maximum absolute atomic E-state index is 12.4. The number of nitrogens with one attached hydrogen (secondary N) is 1. The number of hydrogen-bond acceptors (Lipinski definition) is 3. The van der Waals surface area contributed by atoms with E-state index in [0.717, 1.165) is 17.4 Å². The number of amides is 1. The van der Waals surface area contributed by atoms with Gasteiger partial charge < -0.3 is 15.1 Å². The SMILES string of the molecule is CN1CCCc2cc(C(CNC(=O)c3ccc(Br)cc3)N(C)C)ccc21. The zero-order valence-electron chi connectivity index (χ0n) is 15.6. The van der Waals surface area contributed by atoms with Gasteiger partial charge in [-0.15, -0.1) is 0 Å². The molecule has 1 aliphatic rings. The van der Waals surface area contributed by atoms with E-state index in [0.29, 0.717) is 12.1 Å². The molecular formula is C21H26BrN3O. The molecule has 1 unspecified atom stereocenters. The molecule has 2 aromatic rings. The molecule has 0 spiro atoms. The highest BCUT2D eigenvalue weighted by Gasteiger charge is 2.20. The van der Waals surface area contributed by atoms with Crippen LogP contribution in [0.3, 0.4) is 0 Å². The Labute approximate surface area is 164 Å². The summed E-state index contributed by atoms with van der Waals surface area (Å²) in [6, 6.07) is 14.3. The average Bonchev–Trinajstić information content (AvgIpc) is 2.62. The molecular weight excluding hydrogens is 390 g/mol. The van der Waals surface area contributed by atoms with Gasteiger partial charge in [0.05, 0.1) is 6.04 Å². The van der Waals surface area contributed by atoms with Crippen LogP contribution in [0.4, 0.5) is 5.69 Å². The van der Waals surface area contributed by atoms with Gasteiger partial charge >= 0.3 is 0 Å². The van der Waals surface area contributed by atoms with Crippen LogP contribution in [0.2, 0.25) is 0 Å². The van der Waals surface area contributed by atoms with Crippen molar-refractivity contribution in [3.63, 3.8) is 0 Å². The second-order valence-corrected chi connectivity index (χ2v) is 8.03. The van der Waals surface area contributed by atoms with E-state index >= 15 is 0 Å². The standard InChI is InChI=1S/C21H26BrN3O/c1-24(2)20(14-23-21(26)15-6-9-18(22)10-7-15)17-8-11-19-16(13-17)5-4-12-25(19)3/h6-11,13,20H,4-5,12,14H2,1-3H3,(H,23,26). The minimum absolute atomic E-state index is 0.0398. The minimum Gasteiger partial charge on any atom is -0.374 e. The lowest BCUT2D eigenvalue weighted by molar-refractivity contribution is 0.0942. The number of benzene rings is 2. The maximum atomic E-state index is 12.4. The summed E-state index contributed by atoms with van der Waals surface area (Å²) in [7, 11) is 6.27. The van der Waals surface area contributed by atoms with Gasteiger partial charge in [0.25, 0.3) is 5.91 Å². The average molecular weight is 416 g/mol. The molecule has 5 heteroatoms. The highest BCUT2D eigenvalue weighted by molar-refractivity contribution is 9.10. The van der Waals surface area contributed by atoms with Crippen molar-refractivity contribution in [1.29, 1.82) is 0 Å². The van der Waals surface area contributed by atoms with Gasteiger partial charge in [0.15, 0.2) is 0 Å². The van der Waals surface area contributed by atoms with E-state index in [1.54, 1.807) is 0 Å². The minimum atomic E-state index is -0.0398. The van der Waals surface area contributed by atoms with Crippen LogP contribution in [0.15, 0.2) is 46.9 Å². The second kappa shape index (κ2) is 8.23. The number of nitrogens with zero attached hydrogens (tertiary/aromatic N) is 2. The summed E-state index contributed by atoms with van der Waals surface area (Å²) in [4.78, 5) is 16.9. The molecule has 4 nitrogen and oxygen atoms in total. The van der Waals surface area contributed by atoms with E-state index in [1.165, 1.54) is 23.2 Å². The predicted molar refractivity (Wildman–Crippen MR) is 111 cm³/mol. The Morgan fingerprint density at radius 2 is 1.96 bits per heavy atom. The van der Waals surface area contributed by atoms with E-state index < -0.39 is 0 Å². The van der Waals surface area contributed by atoms with E-state index in [1.807, 2.05) is 24.3 Å². The smallest absolute Gasteiger partial charge is 0.251 e. The first-order chi connectivity index (χ1) is 12.5. The normalized spacial score (nSPS) is 14.9. The van der Waals surface area contributed by atoms with Gasteiger partial charge in [-0.1, -0.05) is 28.1 Å². The Hall–Kier alpha value is -1.85. The molecule has 3 rings (SSSR count). The van der Waals surface area contributed by atoms with Crippen LogP contribution in [-0.2, 0) is 6.42 Å². The van der Waals surface area contributed by atoms with E-state index in [-0.39, 0.29) is 11.9 Å². The van der Waals surface area contributed by atoms with Crippen molar-refractivity contribution in [2.75, 3.05) is 39.1 Å². The van der Waals surface area contributed by atoms with Crippen LogP contribution in [-0.4, -0.2) is 45.0 Å². The summed E-state index contributed by atoms with van der Waals surface area (Å²) < 4.78 is 0.972. The lowest BCUT2D eigenvalue weighted by Gasteiger charge is -2.30. The number of anilines is 1. The number of rotatable bonds is 5. The molecule has 0 saturated carbocycles. The molecule has 0 bridgehead atoms. The third kappa shape index (κ3) is 4.27. The lowest BCUT2D eigenvalue weighted by atomic mass is 9.96. The fourth-order valence-corrected chi connectivity index (χ4v) is 3.77. The van der Waals surface area contributed by atoms with Gasteiger partial charge in [-0.25, -0.2) is 0 Å².